The Hall–Kier alpha value is -2.38. The molecule has 3 heterocycles. The summed E-state index contributed by atoms with van der Waals surface area (Å²) in [5.74, 6) is 0.124. The summed E-state index contributed by atoms with van der Waals surface area (Å²) in [5.41, 5.74) is 0.509. The number of nitrogens with one attached hydrogen (secondary N) is 2. The van der Waals surface area contributed by atoms with E-state index >= 15 is 0 Å². The van der Waals surface area contributed by atoms with E-state index in [1.165, 1.54) is 6.26 Å². The number of halogens is 1. The van der Waals surface area contributed by atoms with Gasteiger partial charge in [0, 0.05) is 6.20 Å². The van der Waals surface area contributed by atoms with Crippen LogP contribution in [-0.2, 0) is 4.79 Å². The zero-order valence-electron chi connectivity index (χ0n) is 13.0. The fourth-order valence-corrected chi connectivity index (χ4v) is 2.83. The van der Waals surface area contributed by atoms with Crippen molar-refractivity contribution in [1.29, 1.82) is 0 Å². The fraction of sp³-hybridized carbons (Fsp3) is 0.312. The third kappa shape index (κ3) is 3.93. The van der Waals surface area contributed by atoms with E-state index in [1.807, 2.05) is 0 Å². The first kappa shape index (κ1) is 16.5. The molecule has 1 aliphatic rings. The first-order valence-electron chi connectivity index (χ1n) is 7.70. The summed E-state index contributed by atoms with van der Waals surface area (Å²) in [6.45, 7) is 2.93. The number of nitrogens with zero attached hydrogens (tertiary/aromatic N) is 2. The van der Waals surface area contributed by atoms with Crippen molar-refractivity contribution in [3.63, 3.8) is 0 Å². The molecule has 0 radical (unpaired) electrons. The topological polar surface area (TPSA) is 79.9 Å². The number of hydrogen-bond donors (Lipinski definition) is 2. The average molecular weight is 350 g/mol. The maximum absolute atomic E-state index is 12.2. The fourth-order valence-electron chi connectivity index (χ4n) is 2.66. The maximum Gasteiger partial charge on any atom is 0.289 e. The smallest absolute Gasteiger partial charge is 0.289 e. The standard InChI is InChI=1S/C16H17ClN4O3/c17-15-12(3-1-5-18-15)19-14(22)11-20-6-8-21(9-7-20)16(23)13-4-2-10-24-13/h1-5,10H,6-9,11H2,(H,19,22)/p+1. The highest BCUT2D eigenvalue weighted by Gasteiger charge is 2.27. The van der Waals surface area contributed by atoms with Gasteiger partial charge in [-0.25, -0.2) is 4.98 Å². The molecule has 0 atom stereocenters. The molecule has 2 N–H and O–H groups in total. The highest BCUT2D eigenvalue weighted by atomic mass is 35.5. The van der Waals surface area contributed by atoms with Gasteiger partial charge in [0.1, 0.15) is 0 Å². The van der Waals surface area contributed by atoms with E-state index in [9.17, 15) is 9.59 Å². The van der Waals surface area contributed by atoms with Crippen LogP contribution in [0.15, 0.2) is 41.1 Å². The van der Waals surface area contributed by atoms with Crippen molar-refractivity contribution in [2.24, 2.45) is 0 Å². The Kier molecular flexibility index (Phi) is 5.12. The van der Waals surface area contributed by atoms with E-state index < -0.39 is 0 Å². The minimum absolute atomic E-state index is 0.106. The van der Waals surface area contributed by atoms with Gasteiger partial charge in [0.2, 0.25) is 0 Å². The molecule has 0 aliphatic carbocycles. The van der Waals surface area contributed by atoms with Gasteiger partial charge < -0.3 is 19.5 Å². The predicted molar refractivity (Wildman–Crippen MR) is 88.1 cm³/mol. The number of carbonyl (C=O) groups excluding carboxylic acids is 2. The highest BCUT2D eigenvalue weighted by molar-refractivity contribution is 6.32. The Morgan fingerprint density at radius 3 is 2.75 bits per heavy atom. The summed E-state index contributed by atoms with van der Waals surface area (Å²) < 4.78 is 5.14. The molecule has 0 spiro atoms. The van der Waals surface area contributed by atoms with Crippen LogP contribution < -0.4 is 10.2 Å². The number of furan rings is 1. The van der Waals surface area contributed by atoms with Crippen LogP contribution in [0.2, 0.25) is 5.15 Å². The molecule has 0 aromatic carbocycles. The Labute approximate surface area is 144 Å². The van der Waals surface area contributed by atoms with Crippen LogP contribution in [0.4, 0.5) is 5.69 Å². The minimum Gasteiger partial charge on any atom is -0.459 e. The van der Waals surface area contributed by atoms with Crippen LogP contribution in [0, 0.1) is 0 Å². The van der Waals surface area contributed by atoms with Gasteiger partial charge in [-0.2, -0.15) is 0 Å². The van der Waals surface area contributed by atoms with E-state index in [2.05, 4.69) is 10.3 Å². The number of aromatic nitrogens is 1. The molecule has 1 aliphatic heterocycles. The SMILES string of the molecule is O=C(C[NH+]1CCN(C(=O)c2ccco2)CC1)Nc1cccnc1Cl. The number of anilines is 1. The quantitative estimate of drug-likeness (QED) is 0.778. The highest BCUT2D eigenvalue weighted by Crippen LogP contribution is 2.16. The minimum atomic E-state index is -0.120. The molecule has 1 saturated heterocycles. The van der Waals surface area contributed by atoms with Gasteiger partial charge in [0.05, 0.1) is 38.1 Å². The van der Waals surface area contributed by atoms with E-state index in [0.29, 0.717) is 44.2 Å². The van der Waals surface area contributed by atoms with Crippen molar-refractivity contribution in [1.82, 2.24) is 9.88 Å². The van der Waals surface area contributed by atoms with Gasteiger partial charge in [0.15, 0.2) is 17.5 Å². The van der Waals surface area contributed by atoms with Crippen LogP contribution in [0.3, 0.4) is 0 Å². The number of pyridine rings is 1. The molecular weight excluding hydrogens is 332 g/mol. The van der Waals surface area contributed by atoms with Crippen molar-refractivity contribution >= 4 is 29.1 Å². The Morgan fingerprint density at radius 2 is 2.08 bits per heavy atom. The van der Waals surface area contributed by atoms with Gasteiger partial charge in [-0.3, -0.25) is 9.59 Å². The average Bonchev–Trinajstić information content (AvgIpc) is 3.11. The summed E-state index contributed by atoms with van der Waals surface area (Å²) in [6.07, 6.45) is 3.06. The van der Waals surface area contributed by atoms with Crippen LogP contribution in [0.5, 0.6) is 0 Å². The van der Waals surface area contributed by atoms with E-state index in [-0.39, 0.29) is 17.0 Å². The molecule has 2 aromatic rings. The molecule has 0 bridgehead atoms. The zero-order valence-corrected chi connectivity index (χ0v) is 13.8. The molecule has 1 fully saturated rings. The van der Waals surface area contributed by atoms with Crippen molar-refractivity contribution in [2.75, 3.05) is 38.0 Å². The predicted octanol–water partition coefficient (Wildman–Crippen LogP) is 0.307. The number of carbonyl (C=O) groups is 2. The van der Waals surface area contributed by atoms with E-state index in [4.69, 9.17) is 16.0 Å². The van der Waals surface area contributed by atoms with Crippen LogP contribution in [-0.4, -0.2) is 54.4 Å². The second-order valence-corrected chi connectivity index (χ2v) is 5.94. The van der Waals surface area contributed by atoms with Gasteiger partial charge in [-0.1, -0.05) is 11.6 Å². The maximum atomic E-state index is 12.2. The third-order valence-corrected chi connectivity index (χ3v) is 4.23. The van der Waals surface area contributed by atoms with Crippen molar-refractivity contribution in [2.45, 2.75) is 0 Å². The number of rotatable bonds is 4. The molecule has 2 aromatic heterocycles. The van der Waals surface area contributed by atoms with Crippen molar-refractivity contribution in [3.8, 4) is 0 Å². The largest absolute Gasteiger partial charge is 0.459 e. The molecule has 7 nitrogen and oxygen atoms in total. The number of piperazine rings is 1. The Morgan fingerprint density at radius 1 is 1.29 bits per heavy atom. The third-order valence-electron chi connectivity index (χ3n) is 3.93. The molecule has 0 unspecified atom stereocenters. The Balaban J connectivity index is 1.48. The molecule has 126 valence electrons. The monoisotopic (exact) mass is 349 g/mol. The second-order valence-electron chi connectivity index (χ2n) is 5.59. The van der Waals surface area contributed by atoms with Crippen molar-refractivity contribution < 1.29 is 18.9 Å². The van der Waals surface area contributed by atoms with E-state index in [1.54, 1.807) is 35.4 Å². The number of quaternary nitrogens is 1. The number of hydrogen-bond acceptors (Lipinski definition) is 4. The van der Waals surface area contributed by atoms with Crippen molar-refractivity contribution in [3.05, 3.63) is 47.6 Å². The molecule has 24 heavy (non-hydrogen) atoms. The number of amides is 2. The van der Waals surface area contributed by atoms with Crippen LogP contribution in [0.25, 0.3) is 0 Å². The lowest BCUT2D eigenvalue weighted by molar-refractivity contribution is -0.895. The lowest BCUT2D eigenvalue weighted by Gasteiger charge is -2.31. The Bertz CT molecular complexity index is 712. The lowest BCUT2D eigenvalue weighted by atomic mass is 10.2. The molecule has 2 amide bonds. The summed E-state index contributed by atoms with van der Waals surface area (Å²) in [7, 11) is 0. The summed E-state index contributed by atoms with van der Waals surface area (Å²) in [5, 5.41) is 3.04. The first-order chi connectivity index (χ1) is 11.6. The molecule has 8 heteroatoms. The summed E-state index contributed by atoms with van der Waals surface area (Å²) >= 11 is 5.93. The summed E-state index contributed by atoms with van der Waals surface area (Å²) in [4.78, 5) is 31.1. The van der Waals surface area contributed by atoms with Gasteiger partial charge >= 0.3 is 0 Å². The van der Waals surface area contributed by atoms with Crippen LogP contribution in [0.1, 0.15) is 10.6 Å². The molecule has 3 rings (SSSR count). The zero-order chi connectivity index (χ0) is 16.9. The van der Waals surface area contributed by atoms with Gasteiger partial charge in [0.25, 0.3) is 11.8 Å². The molecule has 0 saturated carbocycles. The first-order valence-corrected chi connectivity index (χ1v) is 8.08. The lowest BCUT2D eigenvalue weighted by Crippen LogP contribution is -3.15. The normalized spacial score (nSPS) is 15.3. The molecular formula is C16H18ClN4O3+. The second kappa shape index (κ2) is 7.46. The summed E-state index contributed by atoms with van der Waals surface area (Å²) in [6, 6.07) is 6.78. The van der Waals surface area contributed by atoms with E-state index in [0.717, 1.165) is 4.90 Å². The van der Waals surface area contributed by atoms with Gasteiger partial charge in [-0.15, -0.1) is 0 Å². The van der Waals surface area contributed by atoms with Gasteiger partial charge in [-0.05, 0) is 24.3 Å². The van der Waals surface area contributed by atoms with Crippen LogP contribution >= 0.6 is 11.6 Å².